The Bertz CT molecular complexity index is 1330. The molecule has 0 N–H and O–H groups in total. The van der Waals surface area contributed by atoms with E-state index >= 15 is 0 Å². The lowest BCUT2D eigenvalue weighted by atomic mass is 10.1. The van der Waals surface area contributed by atoms with Crippen molar-refractivity contribution < 1.29 is 9.15 Å². The molecule has 0 radical (unpaired) electrons. The van der Waals surface area contributed by atoms with Crippen LogP contribution >= 0.6 is 35.0 Å². The Morgan fingerprint density at radius 1 is 1.27 bits per heavy atom. The molecule has 4 heterocycles. The second kappa shape index (κ2) is 7.61. The second-order valence-corrected chi connectivity index (χ2v) is 8.71. The highest BCUT2D eigenvalue weighted by molar-refractivity contribution is 8.00. The van der Waals surface area contributed by atoms with E-state index in [0.29, 0.717) is 38.3 Å². The predicted molar refractivity (Wildman–Crippen MR) is 117 cm³/mol. The molecule has 0 aliphatic carbocycles. The van der Waals surface area contributed by atoms with Crippen LogP contribution in [-0.2, 0) is 0 Å². The number of thioether (sulfide) groups is 1. The highest BCUT2D eigenvalue weighted by atomic mass is 35.5. The fraction of sp³-hybridized carbons (Fsp3) is 0.200. The number of rotatable bonds is 4. The van der Waals surface area contributed by atoms with E-state index in [2.05, 4.69) is 15.1 Å². The van der Waals surface area contributed by atoms with Gasteiger partial charge in [0, 0.05) is 28.8 Å². The van der Waals surface area contributed by atoms with Crippen LogP contribution in [0.5, 0.6) is 5.88 Å². The summed E-state index contributed by atoms with van der Waals surface area (Å²) in [5.41, 5.74) is 1.13. The van der Waals surface area contributed by atoms with Gasteiger partial charge in [0.2, 0.25) is 11.8 Å². The number of ether oxygens (including phenoxy) is 1. The summed E-state index contributed by atoms with van der Waals surface area (Å²) in [5, 5.41) is 5.65. The molecule has 152 valence electrons. The summed E-state index contributed by atoms with van der Waals surface area (Å²) in [7, 11) is 0. The van der Waals surface area contributed by atoms with E-state index < -0.39 is 5.63 Å². The van der Waals surface area contributed by atoms with Gasteiger partial charge >= 0.3 is 5.63 Å². The van der Waals surface area contributed by atoms with Crippen LogP contribution in [0.25, 0.3) is 28.3 Å². The van der Waals surface area contributed by atoms with Crippen LogP contribution in [0, 0.1) is 6.92 Å². The Labute approximate surface area is 185 Å². The van der Waals surface area contributed by atoms with Gasteiger partial charge in [0.25, 0.3) is 0 Å². The molecule has 0 atom stereocenters. The van der Waals surface area contributed by atoms with E-state index in [4.69, 9.17) is 32.4 Å². The van der Waals surface area contributed by atoms with Crippen molar-refractivity contribution >= 4 is 45.9 Å². The van der Waals surface area contributed by atoms with Gasteiger partial charge in [-0.2, -0.15) is 11.8 Å². The Balaban J connectivity index is 1.71. The fourth-order valence-electron chi connectivity index (χ4n) is 3.13. The smallest absolute Gasteiger partial charge is 0.347 e. The summed E-state index contributed by atoms with van der Waals surface area (Å²) in [5.74, 6) is 2.65. The van der Waals surface area contributed by atoms with Crippen LogP contribution < -0.4 is 10.4 Å². The van der Waals surface area contributed by atoms with E-state index in [0.717, 1.165) is 17.1 Å². The van der Waals surface area contributed by atoms with Gasteiger partial charge in [0.05, 0.1) is 15.9 Å². The Kier molecular flexibility index (Phi) is 4.92. The van der Waals surface area contributed by atoms with Gasteiger partial charge in [0.15, 0.2) is 5.82 Å². The van der Waals surface area contributed by atoms with Crippen molar-refractivity contribution in [2.24, 2.45) is 0 Å². The number of hydrogen-bond acceptors (Lipinski definition) is 7. The predicted octanol–water partition coefficient (Wildman–Crippen LogP) is 4.55. The summed E-state index contributed by atoms with van der Waals surface area (Å²) in [6.07, 6.45) is 1.69. The molecular formula is C20H14Cl2N4O3S. The third-order valence-electron chi connectivity index (χ3n) is 4.63. The fourth-order valence-corrected chi connectivity index (χ4v) is 4.17. The van der Waals surface area contributed by atoms with Crippen molar-refractivity contribution in [3.05, 3.63) is 62.6 Å². The summed E-state index contributed by atoms with van der Waals surface area (Å²) >= 11 is 14.2. The molecule has 1 aliphatic rings. The van der Waals surface area contributed by atoms with Crippen molar-refractivity contribution in [1.29, 1.82) is 0 Å². The van der Waals surface area contributed by atoms with Gasteiger partial charge < -0.3 is 9.15 Å². The first-order valence-corrected chi connectivity index (χ1v) is 11.0. The molecule has 0 unspecified atom stereocenters. The average molecular weight is 461 g/mol. The number of nitrogens with zero attached hydrogens (tertiary/aromatic N) is 4. The van der Waals surface area contributed by atoms with Crippen LogP contribution in [0.15, 0.2) is 45.7 Å². The molecule has 4 aromatic rings. The molecule has 0 saturated carbocycles. The quantitative estimate of drug-likeness (QED) is 0.441. The number of pyridine rings is 1. The lowest BCUT2D eigenvalue weighted by Crippen LogP contribution is -2.31. The van der Waals surface area contributed by atoms with E-state index in [9.17, 15) is 4.79 Å². The van der Waals surface area contributed by atoms with Gasteiger partial charge in [-0.3, -0.25) is 0 Å². The van der Waals surface area contributed by atoms with Crippen molar-refractivity contribution in [3.63, 3.8) is 0 Å². The Morgan fingerprint density at radius 3 is 2.83 bits per heavy atom. The van der Waals surface area contributed by atoms with Crippen LogP contribution in [-0.4, -0.2) is 37.4 Å². The van der Waals surface area contributed by atoms with E-state index in [1.807, 2.05) is 6.92 Å². The number of hydrogen-bond donors (Lipinski definition) is 0. The first-order valence-electron chi connectivity index (χ1n) is 9.06. The average Bonchev–Trinajstić information content (AvgIpc) is 3.09. The topological polar surface area (TPSA) is 83.0 Å². The maximum atomic E-state index is 12.7. The van der Waals surface area contributed by atoms with E-state index in [-0.39, 0.29) is 12.0 Å². The normalized spacial score (nSPS) is 14.1. The van der Waals surface area contributed by atoms with E-state index in [1.54, 1.807) is 48.3 Å². The third-order valence-corrected chi connectivity index (χ3v) is 6.36. The van der Waals surface area contributed by atoms with Gasteiger partial charge in [-0.15, -0.1) is 5.10 Å². The standard InChI is InChI=1S/C20H14Cl2N4O3S/c1-10-5-11(21)6-13-17(10)24-19(29-20(13)27)15-7-16(28-12-8-30-9-12)25-26(15)18-14(22)3-2-4-23-18/h2-7,12H,8-9H2,1H3. The molecule has 30 heavy (non-hydrogen) atoms. The highest BCUT2D eigenvalue weighted by Crippen LogP contribution is 2.31. The Morgan fingerprint density at radius 2 is 2.10 bits per heavy atom. The molecule has 0 bridgehead atoms. The van der Waals surface area contributed by atoms with Crippen LogP contribution in [0.1, 0.15) is 5.56 Å². The minimum atomic E-state index is -0.543. The van der Waals surface area contributed by atoms with Crippen LogP contribution in [0.2, 0.25) is 10.0 Å². The molecule has 0 spiro atoms. The molecule has 1 aliphatic heterocycles. The van der Waals surface area contributed by atoms with Gasteiger partial charge in [-0.1, -0.05) is 23.2 Å². The third kappa shape index (κ3) is 3.45. The van der Waals surface area contributed by atoms with Crippen molar-refractivity contribution in [3.8, 4) is 23.3 Å². The minimum absolute atomic E-state index is 0.0879. The molecule has 1 saturated heterocycles. The van der Waals surface area contributed by atoms with Crippen molar-refractivity contribution in [2.75, 3.05) is 11.5 Å². The number of halogens is 2. The van der Waals surface area contributed by atoms with Gasteiger partial charge in [-0.25, -0.2) is 19.4 Å². The molecule has 0 amide bonds. The first kappa shape index (κ1) is 19.4. The maximum Gasteiger partial charge on any atom is 0.347 e. The molecule has 5 rings (SSSR count). The van der Waals surface area contributed by atoms with Crippen LogP contribution in [0.3, 0.4) is 0 Å². The SMILES string of the molecule is Cc1cc(Cl)cc2c(=O)oc(-c3cc(OC4CSC4)nn3-c3ncccc3Cl)nc12. The number of benzene rings is 1. The zero-order valence-electron chi connectivity index (χ0n) is 15.6. The first-order chi connectivity index (χ1) is 14.5. The number of aromatic nitrogens is 4. The van der Waals surface area contributed by atoms with Crippen LogP contribution in [0.4, 0.5) is 0 Å². The van der Waals surface area contributed by atoms with Gasteiger partial charge in [-0.05, 0) is 36.8 Å². The summed E-state index contributed by atoms with van der Waals surface area (Å²) < 4.78 is 12.9. The monoisotopic (exact) mass is 460 g/mol. The lowest BCUT2D eigenvalue weighted by molar-refractivity contribution is 0.229. The Hall–Kier alpha value is -2.55. The zero-order valence-corrected chi connectivity index (χ0v) is 18.0. The summed E-state index contributed by atoms with van der Waals surface area (Å²) in [4.78, 5) is 21.6. The maximum absolute atomic E-state index is 12.7. The molecule has 1 aromatic carbocycles. The number of aryl methyl sites for hydroxylation is 1. The molecule has 10 heteroatoms. The minimum Gasteiger partial charge on any atom is -0.472 e. The summed E-state index contributed by atoms with van der Waals surface area (Å²) in [6.45, 7) is 1.83. The molecule has 3 aromatic heterocycles. The van der Waals surface area contributed by atoms with Crippen molar-refractivity contribution in [2.45, 2.75) is 13.0 Å². The lowest BCUT2D eigenvalue weighted by Gasteiger charge is -2.24. The van der Waals surface area contributed by atoms with E-state index in [1.165, 1.54) is 4.68 Å². The second-order valence-electron chi connectivity index (χ2n) is 6.79. The molecule has 7 nitrogen and oxygen atoms in total. The number of fused-ring (bicyclic) bond motifs is 1. The van der Waals surface area contributed by atoms with Crippen molar-refractivity contribution in [1.82, 2.24) is 19.7 Å². The van der Waals surface area contributed by atoms with Gasteiger partial charge in [0.1, 0.15) is 11.8 Å². The highest BCUT2D eigenvalue weighted by Gasteiger charge is 2.25. The molecular weight excluding hydrogens is 447 g/mol. The zero-order chi connectivity index (χ0) is 20.8. The summed E-state index contributed by atoms with van der Waals surface area (Å²) in [6, 6.07) is 8.39. The largest absolute Gasteiger partial charge is 0.472 e. The molecule has 1 fully saturated rings.